The van der Waals surface area contributed by atoms with Crippen LogP contribution in [0, 0.1) is 6.92 Å². The van der Waals surface area contributed by atoms with E-state index in [4.69, 9.17) is 5.73 Å². The number of hydrogen-bond donors (Lipinski definition) is 2. The number of hydrogen-bond acceptors (Lipinski definition) is 4. The summed E-state index contributed by atoms with van der Waals surface area (Å²) in [6, 6.07) is 3.93. The van der Waals surface area contributed by atoms with E-state index in [1.54, 1.807) is 0 Å². The summed E-state index contributed by atoms with van der Waals surface area (Å²) < 4.78 is 0. The lowest BCUT2D eigenvalue weighted by molar-refractivity contribution is -0.114. The Balaban J connectivity index is 2.21. The van der Waals surface area contributed by atoms with Crippen molar-refractivity contribution in [1.82, 2.24) is 4.90 Å². The molecule has 1 amide bonds. The Labute approximate surface area is 120 Å². The summed E-state index contributed by atoms with van der Waals surface area (Å²) in [5.74, 6) is -0.0951. The van der Waals surface area contributed by atoms with E-state index in [0.29, 0.717) is 11.4 Å². The number of likely N-dealkylation sites (N-methyl/N-ethyl adjacent to an activating group) is 1. The number of carbonyl (C=O) groups excluding carboxylic acids is 1. The normalized spacial score (nSPS) is 16.2. The molecule has 2 rings (SSSR count). The Kier molecular flexibility index (Phi) is 4.49. The first-order valence-corrected chi connectivity index (χ1v) is 7.16. The Bertz CT molecular complexity index is 493. The van der Waals surface area contributed by atoms with Crippen molar-refractivity contribution in [2.24, 2.45) is 0 Å². The van der Waals surface area contributed by atoms with Crippen LogP contribution in [0.1, 0.15) is 19.4 Å². The fourth-order valence-electron chi connectivity index (χ4n) is 2.66. The van der Waals surface area contributed by atoms with Crippen LogP contribution in [0.4, 0.5) is 17.1 Å². The van der Waals surface area contributed by atoms with Gasteiger partial charge in [-0.25, -0.2) is 0 Å². The number of rotatable bonds is 3. The summed E-state index contributed by atoms with van der Waals surface area (Å²) in [5, 5.41) is 2.80. The third kappa shape index (κ3) is 3.22. The maximum atomic E-state index is 11.2. The van der Waals surface area contributed by atoms with Crippen LogP contribution in [0.3, 0.4) is 0 Å². The highest BCUT2D eigenvalue weighted by molar-refractivity contribution is 5.93. The van der Waals surface area contributed by atoms with Gasteiger partial charge in [-0.15, -0.1) is 0 Å². The van der Waals surface area contributed by atoms with Gasteiger partial charge in [-0.1, -0.05) is 6.92 Å². The molecule has 1 fully saturated rings. The summed E-state index contributed by atoms with van der Waals surface area (Å²) in [4.78, 5) is 16.0. The summed E-state index contributed by atoms with van der Waals surface area (Å²) in [6.45, 7) is 11.0. The first kappa shape index (κ1) is 14.7. The lowest BCUT2D eigenvalue weighted by atomic mass is 10.1. The van der Waals surface area contributed by atoms with E-state index in [1.807, 2.05) is 12.1 Å². The SMILES string of the molecule is CCN1CCN(c2cc(NC(C)=O)c(N)cc2C)CC1. The van der Waals surface area contributed by atoms with Crippen LogP contribution in [0.25, 0.3) is 0 Å². The molecule has 1 saturated heterocycles. The Morgan fingerprint density at radius 1 is 1.30 bits per heavy atom. The molecule has 0 saturated carbocycles. The number of aryl methyl sites for hydroxylation is 1. The predicted molar refractivity (Wildman–Crippen MR) is 84.2 cm³/mol. The van der Waals surface area contributed by atoms with Gasteiger partial charge in [0.2, 0.25) is 5.91 Å². The van der Waals surface area contributed by atoms with E-state index in [2.05, 4.69) is 29.0 Å². The molecular weight excluding hydrogens is 252 g/mol. The lowest BCUT2D eigenvalue weighted by Gasteiger charge is -2.36. The van der Waals surface area contributed by atoms with Gasteiger partial charge in [-0.2, -0.15) is 0 Å². The highest BCUT2D eigenvalue weighted by atomic mass is 16.1. The maximum Gasteiger partial charge on any atom is 0.221 e. The zero-order valence-corrected chi connectivity index (χ0v) is 12.6. The molecular formula is C15H24N4O. The minimum absolute atomic E-state index is 0.0951. The Hall–Kier alpha value is -1.75. The maximum absolute atomic E-state index is 11.2. The highest BCUT2D eigenvalue weighted by Crippen LogP contribution is 2.30. The smallest absolute Gasteiger partial charge is 0.221 e. The fourth-order valence-corrected chi connectivity index (χ4v) is 2.66. The van der Waals surface area contributed by atoms with Gasteiger partial charge < -0.3 is 20.9 Å². The average molecular weight is 276 g/mol. The average Bonchev–Trinajstić information content (AvgIpc) is 2.41. The molecule has 0 bridgehead atoms. The van der Waals surface area contributed by atoms with E-state index >= 15 is 0 Å². The van der Waals surface area contributed by atoms with Crippen LogP contribution in [0.2, 0.25) is 0 Å². The van der Waals surface area contributed by atoms with Crippen molar-refractivity contribution in [2.45, 2.75) is 20.8 Å². The van der Waals surface area contributed by atoms with Crippen LogP contribution in [0.5, 0.6) is 0 Å². The first-order valence-electron chi connectivity index (χ1n) is 7.16. The van der Waals surface area contributed by atoms with Crippen LogP contribution in [0.15, 0.2) is 12.1 Å². The molecule has 0 aliphatic carbocycles. The summed E-state index contributed by atoms with van der Waals surface area (Å²) in [5.41, 5.74) is 9.61. The van der Waals surface area contributed by atoms with Gasteiger partial charge in [0.05, 0.1) is 11.4 Å². The van der Waals surface area contributed by atoms with Crippen LogP contribution in [-0.4, -0.2) is 43.5 Å². The molecule has 20 heavy (non-hydrogen) atoms. The number of piperazine rings is 1. The van der Waals surface area contributed by atoms with Gasteiger partial charge in [0.15, 0.2) is 0 Å². The number of carbonyl (C=O) groups is 1. The van der Waals surface area contributed by atoms with E-state index in [1.165, 1.54) is 12.6 Å². The molecule has 1 aliphatic heterocycles. The molecule has 5 nitrogen and oxygen atoms in total. The molecule has 0 atom stereocenters. The van der Waals surface area contributed by atoms with Crippen LogP contribution < -0.4 is 16.0 Å². The van der Waals surface area contributed by atoms with E-state index in [-0.39, 0.29) is 5.91 Å². The number of benzene rings is 1. The molecule has 110 valence electrons. The van der Waals surface area contributed by atoms with Crippen LogP contribution in [-0.2, 0) is 4.79 Å². The van der Waals surface area contributed by atoms with Crippen molar-refractivity contribution >= 4 is 23.0 Å². The predicted octanol–water partition coefficient (Wildman–Crippen LogP) is 1.68. The van der Waals surface area contributed by atoms with Gasteiger partial charge in [0.25, 0.3) is 0 Å². The van der Waals surface area contributed by atoms with Gasteiger partial charge in [-0.05, 0) is 31.2 Å². The quantitative estimate of drug-likeness (QED) is 0.825. The second-order valence-electron chi connectivity index (χ2n) is 5.33. The Morgan fingerprint density at radius 3 is 2.50 bits per heavy atom. The highest BCUT2D eigenvalue weighted by Gasteiger charge is 2.18. The molecule has 1 aromatic carbocycles. The topological polar surface area (TPSA) is 61.6 Å². The number of nitrogens with one attached hydrogen (secondary N) is 1. The van der Waals surface area contributed by atoms with E-state index in [0.717, 1.165) is 38.3 Å². The molecule has 1 heterocycles. The van der Waals surface area contributed by atoms with Crippen molar-refractivity contribution in [2.75, 3.05) is 48.7 Å². The molecule has 0 aromatic heterocycles. The number of amides is 1. The largest absolute Gasteiger partial charge is 0.397 e. The summed E-state index contributed by atoms with van der Waals surface area (Å²) >= 11 is 0. The molecule has 0 unspecified atom stereocenters. The van der Waals surface area contributed by atoms with Crippen molar-refractivity contribution in [3.05, 3.63) is 17.7 Å². The third-order valence-corrected chi connectivity index (χ3v) is 3.84. The van der Waals surface area contributed by atoms with Crippen molar-refractivity contribution in [1.29, 1.82) is 0 Å². The van der Waals surface area contributed by atoms with Crippen molar-refractivity contribution in [3.63, 3.8) is 0 Å². The molecule has 1 aliphatic rings. The second-order valence-corrected chi connectivity index (χ2v) is 5.33. The fraction of sp³-hybridized carbons (Fsp3) is 0.533. The van der Waals surface area contributed by atoms with Gasteiger partial charge in [0, 0.05) is 38.8 Å². The first-order chi connectivity index (χ1) is 9.51. The third-order valence-electron chi connectivity index (χ3n) is 3.84. The van der Waals surface area contributed by atoms with Crippen molar-refractivity contribution in [3.8, 4) is 0 Å². The molecule has 5 heteroatoms. The number of nitrogen functional groups attached to an aromatic ring is 1. The standard InChI is InChI=1S/C15H24N4O/c1-4-18-5-7-19(8-6-18)15-10-14(17-12(3)20)13(16)9-11(15)2/h9-10H,4-8,16H2,1-3H3,(H,17,20). The zero-order chi connectivity index (χ0) is 14.7. The molecule has 1 aromatic rings. The van der Waals surface area contributed by atoms with Gasteiger partial charge in [-0.3, -0.25) is 4.79 Å². The molecule has 3 N–H and O–H groups in total. The number of nitrogens with zero attached hydrogens (tertiary/aromatic N) is 2. The van der Waals surface area contributed by atoms with E-state index in [9.17, 15) is 4.79 Å². The van der Waals surface area contributed by atoms with Crippen molar-refractivity contribution < 1.29 is 4.79 Å². The lowest BCUT2D eigenvalue weighted by Crippen LogP contribution is -2.46. The Morgan fingerprint density at radius 2 is 1.95 bits per heavy atom. The van der Waals surface area contributed by atoms with Crippen LogP contribution >= 0.6 is 0 Å². The number of nitrogens with two attached hydrogens (primary N) is 1. The van der Waals surface area contributed by atoms with Gasteiger partial charge in [0.1, 0.15) is 0 Å². The zero-order valence-electron chi connectivity index (χ0n) is 12.6. The summed E-state index contributed by atoms with van der Waals surface area (Å²) in [7, 11) is 0. The minimum atomic E-state index is -0.0951. The monoisotopic (exact) mass is 276 g/mol. The minimum Gasteiger partial charge on any atom is -0.397 e. The van der Waals surface area contributed by atoms with Gasteiger partial charge >= 0.3 is 0 Å². The summed E-state index contributed by atoms with van der Waals surface area (Å²) in [6.07, 6.45) is 0. The second kappa shape index (κ2) is 6.13. The molecule has 0 radical (unpaired) electrons. The van der Waals surface area contributed by atoms with E-state index < -0.39 is 0 Å². The molecule has 0 spiro atoms. The number of anilines is 3.